The van der Waals surface area contributed by atoms with Crippen LogP contribution in [0.5, 0.6) is 28.7 Å². The highest BCUT2D eigenvalue weighted by Crippen LogP contribution is 2.42. The van der Waals surface area contributed by atoms with Crippen LogP contribution in [0.2, 0.25) is 0 Å². The zero-order valence-electron chi connectivity index (χ0n) is 23.3. The minimum absolute atomic E-state index is 0.0672. The molecular formula is C28H32O16. The first kappa shape index (κ1) is 31.7. The number of aromatic hydroxyl groups is 3. The Kier molecular flexibility index (Phi) is 8.90. The molecule has 2 aromatic carbocycles. The number of hydrogen-bond donors (Lipinski definition) is 9. The SMILES string of the molecule is COc1cc(-c2cc(=O)c3c(O)cc(O[C@@H]4O[C@H](CO)[C@@H](O)[C@H](O)[C@H]4O[C@@H]4O[C@@H](C)[C@H](O)[C@@H](O)[C@H]4O)c(O)c3o2)ccc1O. The van der Waals surface area contributed by atoms with Crippen LogP contribution in [-0.2, 0) is 14.2 Å². The van der Waals surface area contributed by atoms with E-state index in [9.17, 15) is 50.8 Å². The molecule has 0 saturated carbocycles. The van der Waals surface area contributed by atoms with Crippen LogP contribution >= 0.6 is 0 Å². The van der Waals surface area contributed by atoms with Crippen molar-refractivity contribution in [2.24, 2.45) is 0 Å². The normalized spacial score (nSPS) is 32.5. The molecule has 3 aromatic rings. The summed E-state index contributed by atoms with van der Waals surface area (Å²) in [6.07, 6.45) is -16.2. The average molecular weight is 625 g/mol. The third-order valence-corrected chi connectivity index (χ3v) is 7.55. The van der Waals surface area contributed by atoms with Crippen molar-refractivity contribution >= 4 is 11.0 Å². The molecule has 10 atom stereocenters. The highest BCUT2D eigenvalue weighted by molar-refractivity contribution is 5.91. The monoisotopic (exact) mass is 624 g/mol. The molecule has 240 valence electrons. The number of phenolic OH excluding ortho intramolecular Hbond substituents is 3. The molecule has 0 bridgehead atoms. The van der Waals surface area contributed by atoms with Gasteiger partial charge in [0.25, 0.3) is 0 Å². The summed E-state index contributed by atoms with van der Waals surface area (Å²) in [7, 11) is 1.32. The van der Waals surface area contributed by atoms with E-state index in [1.807, 2.05) is 0 Å². The van der Waals surface area contributed by atoms with E-state index in [2.05, 4.69) is 0 Å². The molecule has 5 rings (SSSR count). The molecule has 2 saturated heterocycles. The van der Waals surface area contributed by atoms with Crippen LogP contribution in [0.25, 0.3) is 22.3 Å². The maximum absolute atomic E-state index is 12.9. The summed E-state index contributed by atoms with van der Waals surface area (Å²) in [6.45, 7) is 0.597. The van der Waals surface area contributed by atoms with Gasteiger partial charge in [0.15, 0.2) is 40.7 Å². The number of aliphatic hydroxyl groups excluding tert-OH is 6. The van der Waals surface area contributed by atoms with Gasteiger partial charge in [-0.2, -0.15) is 0 Å². The van der Waals surface area contributed by atoms with Gasteiger partial charge in [-0.1, -0.05) is 0 Å². The first-order chi connectivity index (χ1) is 20.9. The lowest BCUT2D eigenvalue weighted by Gasteiger charge is -2.45. The molecule has 3 heterocycles. The van der Waals surface area contributed by atoms with Crippen molar-refractivity contribution < 1.29 is 74.1 Å². The molecule has 16 nitrogen and oxygen atoms in total. The lowest BCUT2D eigenvalue weighted by atomic mass is 9.97. The smallest absolute Gasteiger partial charge is 0.229 e. The molecule has 2 aliphatic heterocycles. The molecular weight excluding hydrogens is 592 g/mol. The van der Waals surface area contributed by atoms with E-state index in [0.717, 1.165) is 12.1 Å². The number of ether oxygens (including phenoxy) is 5. The first-order valence-corrected chi connectivity index (χ1v) is 13.4. The van der Waals surface area contributed by atoms with Crippen molar-refractivity contribution in [1.29, 1.82) is 0 Å². The largest absolute Gasteiger partial charge is 0.507 e. The predicted molar refractivity (Wildman–Crippen MR) is 145 cm³/mol. The molecule has 2 aliphatic rings. The summed E-state index contributed by atoms with van der Waals surface area (Å²) in [6, 6.07) is 5.98. The Labute approximate surface area is 248 Å². The molecule has 9 N–H and O–H groups in total. The van der Waals surface area contributed by atoms with Crippen LogP contribution < -0.4 is 14.9 Å². The lowest BCUT2D eigenvalue weighted by molar-refractivity contribution is -0.354. The summed E-state index contributed by atoms with van der Waals surface area (Å²) in [5.41, 5.74) is -0.998. The summed E-state index contributed by atoms with van der Waals surface area (Å²) < 4.78 is 33.2. The number of rotatable bonds is 7. The second kappa shape index (κ2) is 12.4. The van der Waals surface area contributed by atoms with Crippen molar-refractivity contribution in [3.8, 4) is 40.1 Å². The number of benzene rings is 2. The zero-order valence-corrected chi connectivity index (χ0v) is 23.3. The van der Waals surface area contributed by atoms with Crippen LogP contribution in [0, 0.1) is 0 Å². The zero-order chi connectivity index (χ0) is 32.0. The highest BCUT2D eigenvalue weighted by Gasteiger charge is 2.51. The predicted octanol–water partition coefficient (Wildman–Crippen LogP) is -1.38. The second-order valence-electron chi connectivity index (χ2n) is 10.4. The minimum atomic E-state index is -1.86. The summed E-state index contributed by atoms with van der Waals surface area (Å²) in [4.78, 5) is 12.9. The van der Waals surface area contributed by atoms with E-state index >= 15 is 0 Å². The Morgan fingerprint density at radius 1 is 0.818 bits per heavy atom. The van der Waals surface area contributed by atoms with Crippen molar-refractivity contribution in [1.82, 2.24) is 0 Å². The van der Waals surface area contributed by atoms with E-state index < -0.39 is 102 Å². The molecule has 0 spiro atoms. The van der Waals surface area contributed by atoms with Crippen LogP contribution in [0.15, 0.2) is 39.5 Å². The van der Waals surface area contributed by atoms with Crippen molar-refractivity contribution in [2.75, 3.05) is 13.7 Å². The van der Waals surface area contributed by atoms with E-state index in [1.165, 1.54) is 32.2 Å². The lowest BCUT2D eigenvalue weighted by Crippen LogP contribution is -2.64. The fourth-order valence-electron chi connectivity index (χ4n) is 5.04. The molecule has 44 heavy (non-hydrogen) atoms. The average Bonchev–Trinajstić information content (AvgIpc) is 3.00. The van der Waals surface area contributed by atoms with Crippen LogP contribution in [0.1, 0.15) is 6.92 Å². The van der Waals surface area contributed by atoms with Crippen molar-refractivity contribution in [2.45, 2.75) is 68.3 Å². The van der Waals surface area contributed by atoms with Gasteiger partial charge in [-0.25, -0.2) is 0 Å². The van der Waals surface area contributed by atoms with Gasteiger partial charge in [0.2, 0.25) is 12.0 Å². The van der Waals surface area contributed by atoms with Crippen LogP contribution in [-0.4, -0.2) is 121 Å². The van der Waals surface area contributed by atoms with Crippen molar-refractivity contribution in [3.63, 3.8) is 0 Å². The summed E-state index contributed by atoms with van der Waals surface area (Å²) >= 11 is 0. The second-order valence-corrected chi connectivity index (χ2v) is 10.4. The van der Waals surface area contributed by atoms with Crippen LogP contribution in [0.4, 0.5) is 0 Å². The number of aliphatic hydroxyl groups is 6. The Morgan fingerprint density at radius 3 is 2.23 bits per heavy atom. The van der Waals surface area contributed by atoms with E-state index in [0.29, 0.717) is 0 Å². The number of methoxy groups -OCH3 is 1. The molecule has 0 radical (unpaired) electrons. The number of phenols is 3. The third-order valence-electron chi connectivity index (χ3n) is 7.55. The molecule has 0 aliphatic carbocycles. The fraction of sp³-hybridized carbons (Fsp3) is 0.464. The maximum atomic E-state index is 12.9. The van der Waals surface area contributed by atoms with Crippen molar-refractivity contribution in [3.05, 3.63) is 40.6 Å². The van der Waals surface area contributed by atoms with E-state index in [-0.39, 0.29) is 22.8 Å². The third kappa shape index (κ3) is 5.63. The quantitative estimate of drug-likeness (QED) is 0.137. The summed E-state index contributed by atoms with van der Waals surface area (Å²) in [5.74, 6) is -2.23. The summed E-state index contributed by atoms with van der Waals surface area (Å²) in [5, 5.41) is 92.9. The standard InChI is InChI=1S/C28H32O16/c1-9-19(33)22(36)24(38)27(40-9)44-26-23(37)20(34)17(8-29)43-28(26)42-16-7-13(32)18-12(31)6-14(41-25(18)21(16)35)10-3-4-11(30)15(5-10)39-2/h3-7,9,17,19-20,22-24,26-30,32-38H,8H2,1-2H3/t9-,17+,19-,20+,22+,23-,24+,26+,27-,28+/m0/s1. The van der Waals surface area contributed by atoms with E-state index in [4.69, 9.17) is 28.1 Å². The van der Waals surface area contributed by atoms with Gasteiger partial charge in [0.05, 0.1) is 19.8 Å². The fourth-order valence-corrected chi connectivity index (χ4v) is 5.04. The number of hydrogen-bond acceptors (Lipinski definition) is 16. The molecule has 0 unspecified atom stereocenters. The van der Waals surface area contributed by atoms with Crippen LogP contribution in [0.3, 0.4) is 0 Å². The van der Waals surface area contributed by atoms with Gasteiger partial charge < -0.3 is 74.1 Å². The van der Waals surface area contributed by atoms with Gasteiger partial charge in [-0.05, 0) is 25.1 Å². The number of fused-ring (bicyclic) bond motifs is 1. The van der Waals surface area contributed by atoms with Gasteiger partial charge >= 0.3 is 0 Å². The molecule has 0 amide bonds. The Morgan fingerprint density at radius 2 is 1.55 bits per heavy atom. The Hall–Kier alpha value is -3.71. The Bertz CT molecular complexity index is 1560. The molecule has 2 fully saturated rings. The van der Waals surface area contributed by atoms with Gasteiger partial charge in [-0.15, -0.1) is 0 Å². The highest BCUT2D eigenvalue weighted by atomic mass is 16.8. The Balaban J connectivity index is 1.53. The minimum Gasteiger partial charge on any atom is -0.507 e. The first-order valence-electron chi connectivity index (χ1n) is 13.4. The topological polar surface area (TPSA) is 258 Å². The molecule has 16 heteroatoms. The van der Waals surface area contributed by atoms with Gasteiger partial charge in [0.1, 0.15) is 53.5 Å². The maximum Gasteiger partial charge on any atom is 0.229 e. The molecule has 1 aromatic heterocycles. The van der Waals surface area contributed by atoms with E-state index in [1.54, 1.807) is 0 Å². The van der Waals surface area contributed by atoms with Gasteiger partial charge in [-0.3, -0.25) is 4.79 Å². The van der Waals surface area contributed by atoms with Gasteiger partial charge in [0, 0.05) is 17.7 Å².